The van der Waals surface area contributed by atoms with E-state index in [-0.39, 0.29) is 0 Å². The molecule has 2 aromatic heterocycles. The van der Waals surface area contributed by atoms with Crippen molar-refractivity contribution in [3.8, 4) is 0 Å². The summed E-state index contributed by atoms with van der Waals surface area (Å²) in [6.07, 6.45) is 4.20. The number of rotatable bonds is 3. The molecule has 1 aliphatic rings. The summed E-state index contributed by atoms with van der Waals surface area (Å²) in [7, 11) is 2.20. The van der Waals surface area contributed by atoms with Gasteiger partial charge in [0, 0.05) is 6.54 Å². The average molecular weight is 262 g/mol. The van der Waals surface area contributed by atoms with Gasteiger partial charge in [-0.3, -0.25) is 0 Å². The summed E-state index contributed by atoms with van der Waals surface area (Å²) < 4.78 is 1.17. The van der Waals surface area contributed by atoms with Crippen LogP contribution in [0, 0.1) is 5.92 Å². The Kier molecular flexibility index (Phi) is 3.43. The van der Waals surface area contributed by atoms with Gasteiger partial charge in [0.25, 0.3) is 0 Å². The predicted molar refractivity (Wildman–Crippen MR) is 76.1 cm³/mol. The van der Waals surface area contributed by atoms with Crippen LogP contribution in [0.4, 0.5) is 5.82 Å². The molecule has 0 unspecified atom stereocenters. The molecule has 0 spiro atoms. The van der Waals surface area contributed by atoms with Crippen molar-refractivity contribution < 1.29 is 0 Å². The lowest BCUT2D eigenvalue weighted by atomic mass is 9.97. The zero-order valence-corrected chi connectivity index (χ0v) is 11.4. The molecule has 0 amide bonds. The van der Waals surface area contributed by atoms with Crippen LogP contribution in [-0.2, 0) is 0 Å². The molecule has 1 aliphatic heterocycles. The van der Waals surface area contributed by atoms with Crippen LogP contribution in [-0.4, -0.2) is 41.5 Å². The number of anilines is 1. The lowest BCUT2D eigenvalue weighted by Gasteiger charge is -2.29. The Morgan fingerprint density at radius 1 is 1.39 bits per heavy atom. The highest BCUT2D eigenvalue weighted by atomic mass is 32.1. The van der Waals surface area contributed by atoms with Gasteiger partial charge in [-0.25, -0.2) is 9.97 Å². The van der Waals surface area contributed by atoms with E-state index in [0.717, 1.165) is 23.8 Å². The third-order valence-electron chi connectivity index (χ3n) is 3.64. The van der Waals surface area contributed by atoms with Gasteiger partial charge in [0.2, 0.25) is 0 Å². The first kappa shape index (κ1) is 11.9. The lowest BCUT2D eigenvalue weighted by Crippen LogP contribution is -2.33. The first-order valence-corrected chi connectivity index (χ1v) is 7.31. The Balaban J connectivity index is 1.64. The number of hydrogen-bond donors (Lipinski definition) is 1. The van der Waals surface area contributed by atoms with Crippen LogP contribution >= 0.6 is 11.3 Å². The van der Waals surface area contributed by atoms with Crippen molar-refractivity contribution in [2.45, 2.75) is 12.8 Å². The maximum Gasteiger partial charge on any atom is 0.147 e. The third kappa shape index (κ3) is 2.47. The molecule has 96 valence electrons. The van der Waals surface area contributed by atoms with Crippen LogP contribution in [0.1, 0.15) is 12.8 Å². The highest BCUT2D eigenvalue weighted by Crippen LogP contribution is 2.25. The summed E-state index contributed by atoms with van der Waals surface area (Å²) in [4.78, 5) is 11.0. The molecule has 1 fully saturated rings. The van der Waals surface area contributed by atoms with E-state index in [4.69, 9.17) is 0 Å². The van der Waals surface area contributed by atoms with E-state index < -0.39 is 0 Å². The monoisotopic (exact) mass is 262 g/mol. The molecule has 1 saturated heterocycles. The van der Waals surface area contributed by atoms with Crippen molar-refractivity contribution in [2.24, 2.45) is 5.92 Å². The first-order valence-electron chi connectivity index (χ1n) is 6.43. The van der Waals surface area contributed by atoms with E-state index in [1.165, 1.54) is 30.6 Å². The highest BCUT2D eigenvalue weighted by molar-refractivity contribution is 7.17. The Morgan fingerprint density at radius 2 is 2.22 bits per heavy atom. The average Bonchev–Trinajstić information content (AvgIpc) is 2.87. The fourth-order valence-electron chi connectivity index (χ4n) is 2.42. The number of nitrogens with one attached hydrogen (secondary N) is 1. The predicted octanol–water partition coefficient (Wildman–Crippen LogP) is 2.45. The second kappa shape index (κ2) is 5.20. The topological polar surface area (TPSA) is 41.0 Å². The fourth-order valence-corrected chi connectivity index (χ4v) is 3.23. The molecule has 0 bridgehead atoms. The smallest absolute Gasteiger partial charge is 0.147 e. The molecule has 0 aromatic carbocycles. The van der Waals surface area contributed by atoms with Gasteiger partial charge >= 0.3 is 0 Å². The van der Waals surface area contributed by atoms with Gasteiger partial charge in [0.05, 0.1) is 10.2 Å². The standard InChI is InChI=1S/C13H18N4S/c1-17-5-2-10(3-6-17)8-14-13-12-11(4-7-18-12)15-9-16-13/h4,7,9-10H,2-3,5-6,8H2,1H3,(H,14,15,16). The Labute approximate surface area is 111 Å². The van der Waals surface area contributed by atoms with Crippen LogP contribution in [0.2, 0.25) is 0 Å². The van der Waals surface area contributed by atoms with Crippen molar-refractivity contribution in [3.63, 3.8) is 0 Å². The van der Waals surface area contributed by atoms with Crippen LogP contribution < -0.4 is 5.32 Å². The molecule has 4 nitrogen and oxygen atoms in total. The summed E-state index contributed by atoms with van der Waals surface area (Å²) in [5.74, 6) is 1.76. The number of thiophene rings is 1. The van der Waals surface area contributed by atoms with Crippen LogP contribution in [0.3, 0.4) is 0 Å². The maximum atomic E-state index is 4.36. The zero-order valence-electron chi connectivity index (χ0n) is 10.6. The highest BCUT2D eigenvalue weighted by Gasteiger charge is 2.16. The van der Waals surface area contributed by atoms with Gasteiger partial charge < -0.3 is 10.2 Å². The molecule has 1 N–H and O–H groups in total. The van der Waals surface area contributed by atoms with Crippen molar-refractivity contribution in [1.82, 2.24) is 14.9 Å². The summed E-state index contributed by atoms with van der Waals surface area (Å²) >= 11 is 1.71. The number of nitrogens with zero attached hydrogens (tertiary/aromatic N) is 3. The number of hydrogen-bond acceptors (Lipinski definition) is 5. The van der Waals surface area contributed by atoms with E-state index in [1.807, 2.05) is 6.07 Å². The van der Waals surface area contributed by atoms with Crippen molar-refractivity contribution in [3.05, 3.63) is 17.8 Å². The van der Waals surface area contributed by atoms with Gasteiger partial charge in [0.1, 0.15) is 12.1 Å². The quantitative estimate of drug-likeness (QED) is 0.922. The Bertz CT molecular complexity index is 516. The Morgan fingerprint density at radius 3 is 3.06 bits per heavy atom. The number of aromatic nitrogens is 2. The summed E-state index contributed by atoms with van der Waals surface area (Å²) in [5.41, 5.74) is 1.04. The molecule has 0 saturated carbocycles. The zero-order chi connectivity index (χ0) is 12.4. The largest absolute Gasteiger partial charge is 0.369 e. The molecule has 0 radical (unpaired) electrons. The lowest BCUT2D eigenvalue weighted by molar-refractivity contribution is 0.226. The SMILES string of the molecule is CN1CCC(CNc2ncnc3ccsc23)CC1. The van der Waals surface area contributed by atoms with Crippen molar-refractivity contribution in [2.75, 3.05) is 32.0 Å². The van der Waals surface area contributed by atoms with Gasteiger partial charge in [-0.2, -0.15) is 0 Å². The maximum absolute atomic E-state index is 4.36. The number of likely N-dealkylation sites (tertiary alicyclic amines) is 1. The second-order valence-corrected chi connectivity index (χ2v) is 5.90. The van der Waals surface area contributed by atoms with Crippen LogP contribution in [0.25, 0.3) is 10.2 Å². The fraction of sp³-hybridized carbons (Fsp3) is 0.538. The molecule has 0 aliphatic carbocycles. The minimum Gasteiger partial charge on any atom is -0.369 e. The number of piperidine rings is 1. The van der Waals surface area contributed by atoms with E-state index in [2.05, 4.69) is 32.6 Å². The summed E-state index contributed by atoms with van der Waals surface area (Å²) in [6.45, 7) is 3.45. The first-order chi connectivity index (χ1) is 8.83. The van der Waals surface area contributed by atoms with Crippen LogP contribution in [0.15, 0.2) is 17.8 Å². The minimum atomic E-state index is 0.770. The summed E-state index contributed by atoms with van der Waals surface area (Å²) in [5, 5.41) is 5.57. The van der Waals surface area contributed by atoms with Gasteiger partial charge in [0.15, 0.2) is 0 Å². The van der Waals surface area contributed by atoms with E-state index in [0.29, 0.717) is 0 Å². The second-order valence-electron chi connectivity index (χ2n) is 4.98. The summed E-state index contributed by atoms with van der Waals surface area (Å²) in [6, 6.07) is 2.04. The van der Waals surface area contributed by atoms with E-state index in [9.17, 15) is 0 Å². The van der Waals surface area contributed by atoms with Crippen LogP contribution in [0.5, 0.6) is 0 Å². The molecule has 3 heterocycles. The molecule has 5 heteroatoms. The van der Waals surface area contributed by atoms with Crippen molar-refractivity contribution >= 4 is 27.4 Å². The third-order valence-corrected chi connectivity index (χ3v) is 4.55. The van der Waals surface area contributed by atoms with Gasteiger partial charge in [-0.15, -0.1) is 11.3 Å². The van der Waals surface area contributed by atoms with E-state index in [1.54, 1.807) is 17.7 Å². The van der Waals surface area contributed by atoms with Gasteiger partial charge in [-0.1, -0.05) is 0 Å². The van der Waals surface area contributed by atoms with Crippen molar-refractivity contribution in [1.29, 1.82) is 0 Å². The normalized spacial score (nSPS) is 18.3. The van der Waals surface area contributed by atoms with E-state index >= 15 is 0 Å². The molecule has 0 atom stereocenters. The Hall–Kier alpha value is -1.20. The molecule has 3 rings (SSSR count). The number of fused-ring (bicyclic) bond motifs is 1. The molecule has 18 heavy (non-hydrogen) atoms. The minimum absolute atomic E-state index is 0.770. The molecule has 2 aromatic rings. The molecular formula is C13H18N4S. The van der Waals surface area contributed by atoms with Gasteiger partial charge in [-0.05, 0) is 50.3 Å². The molecular weight excluding hydrogens is 244 g/mol.